The summed E-state index contributed by atoms with van der Waals surface area (Å²) in [4.78, 5) is 21.3. The zero-order valence-electron chi connectivity index (χ0n) is 12.2. The molecule has 0 aliphatic carbocycles. The van der Waals surface area contributed by atoms with Crippen LogP contribution in [-0.2, 0) is 0 Å². The Morgan fingerprint density at radius 3 is 2.67 bits per heavy atom. The molecule has 3 heterocycles. The van der Waals surface area contributed by atoms with E-state index >= 15 is 0 Å². The van der Waals surface area contributed by atoms with Crippen LogP contribution in [-0.4, -0.2) is 25.9 Å². The van der Waals surface area contributed by atoms with Gasteiger partial charge in [-0.15, -0.1) is 0 Å². The van der Waals surface area contributed by atoms with Gasteiger partial charge in [0.05, 0.1) is 10.9 Å². The molecule has 0 aliphatic rings. The molecule has 0 N–H and O–H groups in total. The monoisotopic (exact) mass is 302 g/mol. The maximum atomic E-state index is 12.7. The van der Waals surface area contributed by atoms with Crippen LogP contribution in [0.1, 0.15) is 17.0 Å². The first kappa shape index (κ1) is 13.8. The first-order valence-corrected chi connectivity index (χ1v) is 7.61. The summed E-state index contributed by atoms with van der Waals surface area (Å²) in [6, 6.07) is 0. The summed E-state index contributed by atoms with van der Waals surface area (Å²) in [5.74, 6) is 0.606. The van der Waals surface area contributed by atoms with Crippen LogP contribution in [0.25, 0.3) is 16.6 Å². The van der Waals surface area contributed by atoms with Gasteiger partial charge in [-0.1, -0.05) is 16.9 Å². The number of hydrogen-bond acceptors (Lipinski definition) is 6. The number of nitrogens with zero attached hydrogens (tertiary/aromatic N) is 4. The molecule has 3 aromatic rings. The third-order valence-corrected chi connectivity index (χ3v) is 3.89. The highest BCUT2D eigenvalue weighted by molar-refractivity contribution is 7.98. The summed E-state index contributed by atoms with van der Waals surface area (Å²) in [5.41, 5.74) is 2.77. The summed E-state index contributed by atoms with van der Waals surface area (Å²) in [5, 5.41) is 5.05. The second kappa shape index (κ2) is 5.00. The van der Waals surface area contributed by atoms with Crippen molar-refractivity contribution in [3.8, 4) is 5.69 Å². The number of rotatable bonds is 2. The fraction of sp³-hybridized carbons (Fsp3) is 0.286. The zero-order valence-corrected chi connectivity index (χ0v) is 13.0. The van der Waals surface area contributed by atoms with Crippen LogP contribution in [0, 0.1) is 20.8 Å². The lowest BCUT2D eigenvalue weighted by Crippen LogP contribution is -2.20. The first-order chi connectivity index (χ1) is 10.0. The predicted molar refractivity (Wildman–Crippen MR) is 81.2 cm³/mol. The minimum Gasteiger partial charge on any atom is -0.359 e. The van der Waals surface area contributed by atoms with Crippen molar-refractivity contribution in [1.29, 1.82) is 0 Å². The number of thioether (sulfide) groups is 1. The van der Waals surface area contributed by atoms with E-state index in [9.17, 15) is 4.79 Å². The zero-order chi connectivity index (χ0) is 15.1. The Morgan fingerprint density at radius 1 is 1.29 bits per heavy atom. The molecule has 7 heteroatoms. The van der Waals surface area contributed by atoms with Crippen molar-refractivity contribution in [3.05, 3.63) is 39.8 Å². The lowest BCUT2D eigenvalue weighted by atomic mass is 10.2. The Labute approximate surface area is 125 Å². The van der Waals surface area contributed by atoms with Gasteiger partial charge in [-0.25, -0.2) is 9.97 Å². The van der Waals surface area contributed by atoms with Crippen molar-refractivity contribution in [2.45, 2.75) is 25.9 Å². The van der Waals surface area contributed by atoms with Gasteiger partial charge in [-0.3, -0.25) is 9.36 Å². The molecule has 0 spiro atoms. The van der Waals surface area contributed by atoms with Crippen LogP contribution in [0.15, 0.2) is 26.9 Å². The third-order valence-electron chi connectivity index (χ3n) is 3.33. The molecule has 3 aromatic heterocycles. The molecule has 0 unspecified atom stereocenters. The Balaban J connectivity index is 2.37. The average Bonchev–Trinajstić information content (AvgIpc) is 2.81. The molecule has 0 bridgehead atoms. The van der Waals surface area contributed by atoms with Crippen LogP contribution in [0.4, 0.5) is 0 Å². The van der Waals surface area contributed by atoms with Gasteiger partial charge in [-0.05, 0) is 32.6 Å². The van der Waals surface area contributed by atoms with Gasteiger partial charge in [0.25, 0.3) is 5.56 Å². The molecule has 0 atom stereocenters. The second-order valence-electron chi connectivity index (χ2n) is 4.78. The van der Waals surface area contributed by atoms with E-state index in [0.717, 1.165) is 5.56 Å². The second-order valence-corrected chi connectivity index (χ2v) is 5.55. The molecule has 108 valence electrons. The summed E-state index contributed by atoms with van der Waals surface area (Å²) >= 11 is 1.45. The summed E-state index contributed by atoms with van der Waals surface area (Å²) in [6.07, 6.45) is 5.26. The summed E-state index contributed by atoms with van der Waals surface area (Å²) in [7, 11) is 0. The lowest BCUT2D eigenvalue weighted by molar-refractivity contribution is 0.393. The molecule has 0 aliphatic heterocycles. The Morgan fingerprint density at radius 2 is 2.05 bits per heavy atom. The minimum absolute atomic E-state index is 0.169. The molecule has 0 saturated carbocycles. The molecule has 6 nitrogen and oxygen atoms in total. The van der Waals surface area contributed by atoms with Gasteiger partial charge in [0.15, 0.2) is 10.9 Å². The molecule has 0 saturated heterocycles. The van der Waals surface area contributed by atoms with Crippen molar-refractivity contribution < 1.29 is 4.52 Å². The third kappa shape index (κ3) is 2.13. The SMILES string of the molecule is CSc1ncc2c(=O)n(-c3c(C)noc3C)cc(C)c2n1. The van der Waals surface area contributed by atoms with E-state index in [2.05, 4.69) is 15.1 Å². The highest BCUT2D eigenvalue weighted by atomic mass is 32.2. The van der Waals surface area contributed by atoms with Crippen molar-refractivity contribution in [1.82, 2.24) is 19.7 Å². The van der Waals surface area contributed by atoms with Crippen molar-refractivity contribution in [2.24, 2.45) is 0 Å². The minimum atomic E-state index is -0.169. The van der Waals surface area contributed by atoms with Gasteiger partial charge in [0, 0.05) is 12.4 Å². The number of pyridine rings is 1. The smallest absolute Gasteiger partial charge is 0.266 e. The normalized spacial score (nSPS) is 11.2. The van der Waals surface area contributed by atoms with Gasteiger partial charge in [-0.2, -0.15) is 0 Å². The number of hydrogen-bond donors (Lipinski definition) is 0. The van der Waals surface area contributed by atoms with E-state index in [1.807, 2.05) is 20.1 Å². The van der Waals surface area contributed by atoms with Crippen molar-refractivity contribution >= 4 is 22.7 Å². The summed E-state index contributed by atoms with van der Waals surface area (Å²) in [6.45, 7) is 5.52. The Bertz CT molecular complexity index is 878. The number of aryl methyl sites for hydroxylation is 3. The van der Waals surface area contributed by atoms with Crippen LogP contribution in [0.2, 0.25) is 0 Å². The fourth-order valence-electron chi connectivity index (χ4n) is 2.35. The van der Waals surface area contributed by atoms with Crippen LogP contribution in [0.5, 0.6) is 0 Å². The number of aromatic nitrogens is 4. The molecule has 0 aromatic carbocycles. The van der Waals surface area contributed by atoms with E-state index in [-0.39, 0.29) is 5.56 Å². The standard InChI is InChI=1S/C14H14N4O2S/c1-7-6-18(12-8(2)17-20-9(12)3)13(19)10-5-15-14(21-4)16-11(7)10/h5-6H,1-4H3. The van der Waals surface area contributed by atoms with Crippen molar-refractivity contribution in [2.75, 3.05) is 6.26 Å². The quantitative estimate of drug-likeness (QED) is 0.534. The maximum Gasteiger partial charge on any atom is 0.266 e. The largest absolute Gasteiger partial charge is 0.359 e. The van der Waals surface area contributed by atoms with E-state index in [1.54, 1.807) is 23.9 Å². The van der Waals surface area contributed by atoms with Gasteiger partial charge in [0.1, 0.15) is 11.4 Å². The number of fused-ring (bicyclic) bond motifs is 1. The molecule has 0 radical (unpaired) electrons. The van der Waals surface area contributed by atoms with E-state index in [0.29, 0.717) is 33.2 Å². The topological polar surface area (TPSA) is 73.8 Å². The lowest BCUT2D eigenvalue weighted by Gasteiger charge is -2.09. The summed E-state index contributed by atoms with van der Waals surface area (Å²) < 4.78 is 6.71. The Hall–Kier alpha value is -2.15. The van der Waals surface area contributed by atoms with Gasteiger partial charge >= 0.3 is 0 Å². The van der Waals surface area contributed by atoms with E-state index in [4.69, 9.17) is 4.52 Å². The molecular formula is C14H14N4O2S. The van der Waals surface area contributed by atoms with Gasteiger partial charge < -0.3 is 4.52 Å². The molecule has 3 rings (SSSR count). The molecule has 0 fully saturated rings. The molecule has 21 heavy (non-hydrogen) atoms. The molecular weight excluding hydrogens is 288 g/mol. The van der Waals surface area contributed by atoms with Crippen LogP contribution in [0.3, 0.4) is 0 Å². The van der Waals surface area contributed by atoms with Crippen molar-refractivity contribution in [3.63, 3.8) is 0 Å². The average molecular weight is 302 g/mol. The maximum absolute atomic E-state index is 12.7. The fourth-order valence-corrected chi connectivity index (χ4v) is 2.69. The first-order valence-electron chi connectivity index (χ1n) is 6.39. The highest BCUT2D eigenvalue weighted by Crippen LogP contribution is 2.20. The van der Waals surface area contributed by atoms with E-state index in [1.165, 1.54) is 11.8 Å². The Kier molecular flexibility index (Phi) is 3.29. The van der Waals surface area contributed by atoms with E-state index < -0.39 is 0 Å². The molecule has 0 amide bonds. The predicted octanol–water partition coefficient (Wildman–Crippen LogP) is 2.42. The van der Waals surface area contributed by atoms with Crippen LogP contribution < -0.4 is 5.56 Å². The van der Waals surface area contributed by atoms with Crippen LogP contribution >= 0.6 is 11.8 Å². The van der Waals surface area contributed by atoms with Gasteiger partial charge in [0.2, 0.25) is 0 Å². The highest BCUT2D eigenvalue weighted by Gasteiger charge is 2.16.